The smallest absolute Gasteiger partial charge is 0.254 e. The number of hydrogen-bond donors (Lipinski definition) is 2. The van der Waals surface area contributed by atoms with Gasteiger partial charge in [-0.25, -0.2) is 9.97 Å². The number of rotatable bonds is 3. The highest BCUT2D eigenvalue weighted by molar-refractivity contribution is 5.93. The number of nitrogens with zero attached hydrogens (tertiary/aromatic N) is 2. The Balaban J connectivity index is 1.89. The summed E-state index contributed by atoms with van der Waals surface area (Å²) in [5.74, 6) is 0.418. The molecule has 0 aliphatic carbocycles. The third-order valence-corrected chi connectivity index (χ3v) is 3.22. The lowest BCUT2D eigenvalue weighted by molar-refractivity contribution is 0.0921. The van der Waals surface area contributed by atoms with E-state index >= 15 is 0 Å². The van der Waals surface area contributed by atoms with E-state index in [1.165, 1.54) is 31.6 Å². The molecule has 1 aromatic heterocycles. The fourth-order valence-corrected chi connectivity index (χ4v) is 2.13. The SMILES string of the molecule is CC(NC(=O)c1cncnc1)C1CCCNC1. The Kier molecular flexibility index (Phi) is 4.03. The van der Waals surface area contributed by atoms with Crippen LogP contribution in [0.5, 0.6) is 0 Å². The Bertz CT molecular complexity index is 362. The van der Waals surface area contributed by atoms with E-state index in [2.05, 4.69) is 27.5 Å². The maximum Gasteiger partial charge on any atom is 0.254 e. The van der Waals surface area contributed by atoms with Crippen molar-refractivity contribution in [3.05, 3.63) is 24.3 Å². The third-order valence-electron chi connectivity index (χ3n) is 3.22. The number of amides is 1. The molecule has 2 N–H and O–H groups in total. The molecule has 1 aliphatic heterocycles. The predicted molar refractivity (Wildman–Crippen MR) is 64.6 cm³/mol. The Morgan fingerprint density at radius 3 is 2.94 bits per heavy atom. The van der Waals surface area contributed by atoms with Crippen LogP contribution < -0.4 is 10.6 Å². The minimum atomic E-state index is -0.0938. The van der Waals surface area contributed by atoms with E-state index in [4.69, 9.17) is 0 Å². The number of aromatic nitrogens is 2. The molecule has 5 nitrogen and oxygen atoms in total. The highest BCUT2D eigenvalue weighted by atomic mass is 16.1. The van der Waals surface area contributed by atoms with E-state index in [1.54, 1.807) is 0 Å². The molecule has 1 saturated heterocycles. The highest BCUT2D eigenvalue weighted by Gasteiger charge is 2.21. The molecular weight excluding hydrogens is 216 g/mol. The Morgan fingerprint density at radius 1 is 1.53 bits per heavy atom. The molecule has 2 atom stereocenters. The van der Waals surface area contributed by atoms with Crippen LogP contribution in [0.15, 0.2) is 18.7 Å². The molecule has 5 heteroatoms. The molecule has 1 amide bonds. The van der Waals surface area contributed by atoms with Gasteiger partial charge in [-0.15, -0.1) is 0 Å². The topological polar surface area (TPSA) is 66.9 Å². The first-order valence-corrected chi connectivity index (χ1v) is 6.04. The van der Waals surface area contributed by atoms with Gasteiger partial charge in [0.2, 0.25) is 0 Å². The van der Waals surface area contributed by atoms with Crippen LogP contribution >= 0.6 is 0 Å². The summed E-state index contributed by atoms with van der Waals surface area (Å²) in [5.41, 5.74) is 0.517. The van der Waals surface area contributed by atoms with E-state index in [-0.39, 0.29) is 11.9 Å². The summed E-state index contributed by atoms with van der Waals surface area (Å²) in [5, 5.41) is 6.36. The van der Waals surface area contributed by atoms with Gasteiger partial charge in [-0.1, -0.05) is 0 Å². The van der Waals surface area contributed by atoms with E-state index in [0.29, 0.717) is 11.5 Å². The van der Waals surface area contributed by atoms with E-state index in [9.17, 15) is 4.79 Å². The average molecular weight is 234 g/mol. The molecule has 2 heterocycles. The molecule has 0 aromatic carbocycles. The van der Waals surface area contributed by atoms with Gasteiger partial charge in [0.1, 0.15) is 6.33 Å². The molecule has 2 rings (SSSR count). The minimum absolute atomic E-state index is 0.0938. The summed E-state index contributed by atoms with van der Waals surface area (Å²) in [6.45, 7) is 4.12. The van der Waals surface area contributed by atoms with Crippen molar-refractivity contribution < 1.29 is 4.79 Å². The number of carbonyl (C=O) groups excluding carboxylic acids is 1. The molecule has 1 aliphatic rings. The fourth-order valence-electron chi connectivity index (χ4n) is 2.13. The van der Waals surface area contributed by atoms with Crippen LogP contribution in [0.2, 0.25) is 0 Å². The average Bonchev–Trinajstić information content (AvgIpc) is 2.40. The van der Waals surface area contributed by atoms with Crippen molar-refractivity contribution in [1.29, 1.82) is 0 Å². The van der Waals surface area contributed by atoms with E-state index in [1.807, 2.05) is 0 Å². The molecule has 2 unspecified atom stereocenters. The van der Waals surface area contributed by atoms with Gasteiger partial charge in [-0.05, 0) is 38.8 Å². The van der Waals surface area contributed by atoms with Gasteiger partial charge < -0.3 is 10.6 Å². The summed E-state index contributed by atoms with van der Waals surface area (Å²) in [4.78, 5) is 19.6. The zero-order valence-electron chi connectivity index (χ0n) is 10.0. The van der Waals surface area contributed by atoms with Crippen LogP contribution in [0.3, 0.4) is 0 Å². The lowest BCUT2D eigenvalue weighted by Crippen LogP contribution is -2.44. The summed E-state index contributed by atoms with van der Waals surface area (Å²) in [6, 6.07) is 0.176. The molecule has 1 aromatic rings. The number of piperidine rings is 1. The summed E-state index contributed by atoms with van der Waals surface area (Å²) >= 11 is 0. The summed E-state index contributed by atoms with van der Waals surface area (Å²) in [6.07, 6.45) is 6.84. The maximum atomic E-state index is 11.9. The Morgan fingerprint density at radius 2 is 2.29 bits per heavy atom. The molecule has 17 heavy (non-hydrogen) atoms. The highest BCUT2D eigenvalue weighted by Crippen LogP contribution is 2.14. The third kappa shape index (κ3) is 3.23. The number of nitrogens with one attached hydrogen (secondary N) is 2. The predicted octanol–water partition coefficient (Wildman–Crippen LogP) is 0.595. The number of carbonyl (C=O) groups is 1. The second-order valence-corrected chi connectivity index (χ2v) is 4.50. The monoisotopic (exact) mass is 234 g/mol. The van der Waals surface area contributed by atoms with Gasteiger partial charge in [-0.3, -0.25) is 4.79 Å². The Labute approximate surface area is 101 Å². The van der Waals surface area contributed by atoms with Crippen molar-refractivity contribution in [1.82, 2.24) is 20.6 Å². The normalized spacial score (nSPS) is 21.8. The summed E-state index contributed by atoms with van der Waals surface area (Å²) in [7, 11) is 0. The largest absolute Gasteiger partial charge is 0.349 e. The van der Waals surface area contributed by atoms with Crippen molar-refractivity contribution in [3.8, 4) is 0 Å². The van der Waals surface area contributed by atoms with Crippen molar-refractivity contribution in [2.75, 3.05) is 13.1 Å². The lowest BCUT2D eigenvalue weighted by Gasteiger charge is -2.28. The van der Waals surface area contributed by atoms with E-state index < -0.39 is 0 Å². The van der Waals surface area contributed by atoms with Crippen LogP contribution in [0.4, 0.5) is 0 Å². The standard InChI is InChI=1S/C12H18N4O/c1-9(10-3-2-4-13-5-10)16-12(17)11-6-14-8-15-7-11/h6-10,13H,2-5H2,1H3,(H,16,17). The molecule has 0 spiro atoms. The van der Waals surface area contributed by atoms with Crippen LogP contribution in [0.1, 0.15) is 30.1 Å². The lowest BCUT2D eigenvalue weighted by atomic mass is 9.93. The first-order chi connectivity index (χ1) is 8.27. The van der Waals surface area contributed by atoms with Gasteiger partial charge in [-0.2, -0.15) is 0 Å². The molecule has 0 bridgehead atoms. The maximum absolute atomic E-state index is 11.9. The Hall–Kier alpha value is -1.49. The molecular formula is C12H18N4O. The zero-order valence-corrected chi connectivity index (χ0v) is 10.0. The molecule has 1 fully saturated rings. The van der Waals surface area contributed by atoms with Crippen molar-refractivity contribution in [2.24, 2.45) is 5.92 Å². The second-order valence-electron chi connectivity index (χ2n) is 4.50. The molecule has 0 saturated carbocycles. The quantitative estimate of drug-likeness (QED) is 0.803. The van der Waals surface area contributed by atoms with Crippen LogP contribution in [-0.2, 0) is 0 Å². The van der Waals surface area contributed by atoms with Gasteiger partial charge in [0.15, 0.2) is 0 Å². The number of hydrogen-bond acceptors (Lipinski definition) is 4. The van der Waals surface area contributed by atoms with Gasteiger partial charge in [0.25, 0.3) is 5.91 Å². The van der Waals surface area contributed by atoms with Crippen molar-refractivity contribution >= 4 is 5.91 Å². The van der Waals surface area contributed by atoms with Crippen LogP contribution in [0.25, 0.3) is 0 Å². The van der Waals surface area contributed by atoms with Gasteiger partial charge >= 0.3 is 0 Å². The van der Waals surface area contributed by atoms with Crippen LogP contribution in [0, 0.1) is 5.92 Å². The van der Waals surface area contributed by atoms with Crippen molar-refractivity contribution in [3.63, 3.8) is 0 Å². The van der Waals surface area contributed by atoms with E-state index in [0.717, 1.165) is 13.1 Å². The molecule has 92 valence electrons. The second kappa shape index (κ2) is 5.72. The van der Waals surface area contributed by atoms with Gasteiger partial charge in [0.05, 0.1) is 5.56 Å². The van der Waals surface area contributed by atoms with Gasteiger partial charge in [0, 0.05) is 18.4 Å². The van der Waals surface area contributed by atoms with Crippen LogP contribution in [-0.4, -0.2) is 35.0 Å². The zero-order chi connectivity index (χ0) is 12.1. The first-order valence-electron chi connectivity index (χ1n) is 6.04. The fraction of sp³-hybridized carbons (Fsp3) is 0.583. The molecule has 0 radical (unpaired) electrons. The first kappa shape index (κ1) is 12.0. The summed E-state index contributed by atoms with van der Waals surface area (Å²) < 4.78 is 0. The minimum Gasteiger partial charge on any atom is -0.349 e. The van der Waals surface area contributed by atoms with Crippen molar-refractivity contribution in [2.45, 2.75) is 25.8 Å².